The smallest absolute Gasteiger partial charge is 0.358 e. The van der Waals surface area contributed by atoms with Gasteiger partial charge in [0.1, 0.15) is 11.5 Å². The van der Waals surface area contributed by atoms with Crippen LogP contribution in [0.25, 0.3) is 5.65 Å². The first-order valence-electron chi connectivity index (χ1n) is 8.33. The van der Waals surface area contributed by atoms with Crippen molar-refractivity contribution in [1.82, 2.24) is 9.38 Å². The minimum atomic E-state index is -1.07. The lowest BCUT2D eigenvalue weighted by molar-refractivity contribution is -0.137. The van der Waals surface area contributed by atoms with E-state index in [1.165, 1.54) is 10.6 Å². The van der Waals surface area contributed by atoms with E-state index in [9.17, 15) is 19.1 Å². The topological polar surface area (TPSA) is 80.9 Å². The average molecular weight is 470 g/mol. The fraction of sp³-hybridized carbons (Fsp3) is 0.211. The van der Waals surface area contributed by atoms with Crippen LogP contribution in [0, 0.1) is 5.82 Å². The molecule has 0 fully saturated rings. The number of hydrogen-bond donors (Lipinski definition) is 1. The Hall–Kier alpha value is -2.45. The van der Waals surface area contributed by atoms with Crippen LogP contribution in [0.1, 0.15) is 41.0 Å². The van der Waals surface area contributed by atoms with Gasteiger partial charge >= 0.3 is 11.9 Å². The van der Waals surface area contributed by atoms with Crippen LogP contribution in [-0.2, 0) is 9.53 Å². The molecule has 2 heterocycles. The maximum Gasteiger partial charge on any atom is 0.358 e. The number of carboxylic acids is 1. The summed E-state index contributed by atoms with van der Waals surface area (Å²) in [5.74, 6) is -3.11. The largest absolute Gasteiger partial charge is 0.481 e. The molecule has 1 N–H and O–H groups in total. The number of carboxylic acid groups (broad SMARTS) is 1. The van der Waals surface area contributed by atoms with Crippen molar-refractivity contribution in [3.63, 3.8) is 0 Å². The number of esters is 1. The second-order valence-corrected chi connectivity index (χ2v) is 7.26. The Kier molecular flexibility index (Phi) is 6.00. The monoisotopic (exact) mass is 468 g/mol. The second kappa shape index (κ2) is 8.28. The summed E-state index contributed by atoms with van der Waals surface area (Å²) >= 11 is 9.20. The molecule has 146 valence electrons. The lowest BCUT2D eigenvalue weighted by Gasteiger charge is -2.17. The third-order valence-corrected chi connectivity index (χ3v) is 4.95. The van der Waals surface area contributed by atoms with Crippen LogP contribution in [0.2, 0.25) is 5.02 Å². The number of ether oxygens (including phenoxy) is 1. The number of aromatic nitrogens is 2. The highest BCUT2D eigenvalue weighted by Crippen LogP contribution is 2.34. The van der Waals surface area contributed by atoms with E-state index in [0.29, 0.717) is 16.3 Å². The van der Waals surface area contributed by atoms with Gasteiger partial charge in [-0.05, 0) is 40.5 Å². The van der Waals surface area contributed by atoms with Crippen molar-refractivity contribution in [2.24, 2.45) is 0 Å². The highest BCUT2D eigenvalue weighted by Gasteiger charge is 2.30. The Labute approximate surface area is 173 Å². The molecule has 3 aromatic rings. The number of hydrogen-bond acceptors (Lipinski definition) is 4. The number of rotatable bonds is 6. The van der Waals surface area contributed by atoms with Crippen molar-refractivity contribution in [3.8, 4) is 0 Å². The van der Waals surface area contributed by atoms with Crippen LogP contribution < -0.4 is 0 Å². The lowest BCUT2D eigenvalue weighted by atomic mass is 9.91. The highest BCUT2D eigenvalue weighted by molar-refractivity contribution is 9.10. The zero-order chi connectivity index (χ0) is 20.4. The fourth-order valence-electron chi connectivity index (χ4n) is 3.01. The molecule has 0 spiro atoms. The van der Waals surface area contributed by atoms with Gasteiger partial charge < -0.3 is 14.2 Å². The number of carbonyl (C=O) groups excluding carboxylic acids is 1. The van der Waals surface area contributed by atoms with Crippen LogP contribution in [-0.4, -0.2) is 33.0 Å². The number of halogens is 3. The number of fused-ring (bicyclic) bond motifs is 1. The summed E-state index contributed by atoms with van der Waals surface area (Å²) in [6.07, 6.45) is 1.09. The Balaban J connectivity index is 2.31. The summed E-state index contributed by atoms with van der Waals surface area (Å²) in [5, 5.41) is 9.89. The number of nitrogens with zero attached hydrogens (tertiary/aromatic N) is 2. The summed E-state index contributed by atoms with van der Waals surface area (Å²) in [5.41, 5.74) is 0.975. The molecule has 0 radical (unpaired) electrons. The van der Waals surface area contributed by atoms with Gasteiger partial charge in [0.2, 0.25) is 0 Å². The molecule has 0 aliphatic heterocycles. The first-order chi connectivity index (χ1) is 13.3. The predicted octanol–water partition coefficient (Wildman–Crippen LogP) is 4.67. The third-order valence-electron chi connectivity index (χ3n) is 4.13. The Morgan fingerprint density at radius 1 is 1.39 bits per heavy atom. The minimum absolute atomic E-state index is 0.0643. The first-order valence-corrected chi connectivity index (χ1v) is 9.50. The van der Waals surface area contributed by atoms with E-state index >= 15 is 0 Å². The zero-order valence-electron chi connectivity index (χ0n) is 14.7. The molecule has 0 aliphatic carbocycles. The van der Waals surface area contributed by atoms with E-state index in [4.69, 9.17) is 16.3 Å². The molecule has 0 bridgehead atoms. The molecule has 1 aromatic carbocycles. The van der Waals surface area contributed by atoms with Crippen molar-refractivity contribution in [3.05, 3.63) is 68.8 Å². The van der Waals surface area contributed by atoms with Crippen molar-refractivity contribution < 1.29 is 23.8 Å². The van der Waals surface area contributed by atoms with Gasteiger partial charge in [-0.3, -0.25) is 4.79 Å². The average Bonchev–Trinajstić information content (AvgIpc) is 2.98. The molecular formula is C19H15BrClFN2O4. The van der Waals surface area contributed by atoms with Crippen molar-refractivity contribution in [2.45, 2.75) is 19.3 Å². The standard InChI is InChI=1S/C19H15BrClFN2O4/c1-2-28-19(27)17-18(24-9-13(20)14(22)8-15(24)23-17)12(7-16(25)26)10-4-3-5-11(21)6-10/h3-6,8-9,12H,2,7H2,1H3,(H,25,26). The van der Waals surface area contributed by atoms with E-state index in [-0.39, 0.29) is 28.8 Å². The molecule has 1 unspecified atom stereocenters. The molecule has 0 saturated heterocycles. The van der Waals surface area contributed by atoms with E-state index < -0.39 is 23.7 Å². The summed E-state index contributed by atoms with van der Waals surface area (Å²) in [6, 6.07) is 7.85. The molecule has 0 amide bonds. The molecule has 3 rings (SSSR count). The third kappa shape index (κ3) is 4.02. The van der Waals surface area contributed by atoms with Gasteiger partial charge in [-0.2, -0.15) is 0 Å². The Morgan fingerprint density at radius 3 is 2.79 bits per heavy atom. The number of imidazole rings is 1. The molecule has 2 aromatic heterocycles. The second-order valence-electron chi connectivity index (χ2n) is 5.97. The maximum absolute atomic E-state index is 14.0. The Morgan fingerprint density at radius 2 is 2.14 bits per heavy atom. The van der Waals surface area contributed by atoms with E-state index in [0.717, 1.165) is 6.07 Å². The van der Waals surface area contributed by atoms with Crippen LogP contribution in [0.3, 0.4) is 0 Å². The van der Waals surface area contributed by atoms with Gasteiger partial charge in [0.25, 0.3) is 0 Å². The van der Waals surface area contributed by atoms with Crippen molar-refractivity contribution in [1.29, 1.82) is 0 Å². The number of pyridine rings is 1. The van der Waals surface area contributed by atoms with Gasteiger partial charge in [-0.15, -0.1) is 0 Å². The van der Waals surface area contributed by atoms with Crippen molar-refractivity contribution >= 4 is 45.1 Å². The van der Waals surface area contributed by atoms with E-state index in [1.807, 2.05) is 0 Å². The molecular weight excluding hydrogens is 455 g/mol. The summed E-state index contributed by atoms with van der Waals surface area (Å²) in [4.78, 5) is 28.3. The molecule has 0 aliphatic rings. The van der Waals surface area contributed by atoms with Crippen LogP contribution in [0.15, 0.2) is 41.0 Å². The molecule has 9 heteroatoms. The van der Waals surface area contributed by atoms with E-state index in [1.54, 1.807) is 31.2 Å². The quantitative estimate of drug-likeness (QED) is 0.531. The highest BCUT2D eigenvalue weighted by atomic mass is 79.9. The summed E-state index contributed by atoms with van der Waals surface area (Å²) < 4.78 is 20.7. The SMILES string of the molecule is CCOC(=O)c1nc2cc(F)c(Br)cn2c1C(CC(=O)O)c1cccc(Cl)c1. The van der Waals surface area contributed by atoms with Gasteiger partial charge in [-0.25, -0.2) is 14.2 Å². The number of aliphatic carboxylic acids is 1. The molecule has 6 nitrogen and oxygen atoms in total. The van der Waals surface area contributed by atoms with E-state index in [2.05, 4.69) is 20.9 Å². The van der Waals surface area contributed by atoms with Gasteiger partial charge in [0, 0.05) is 23.2 Å². The lowest BCUT2D eigenvalue weighted by Crippen LogP contribution is -2.16. The molecule has 28 heavy (non-hydrogen) atoms. The summed E-state index contributed by atoms with van der Waals surface area (Å²) in [6.45, 7) is 1.76. The molecule has 1 atom stereocenters. The van der Waals surface area contributed by atoms with Crippen molar-refractivity contribution in [2.75, 3.05) is 6.61 Å². The van der Waals surface area contributed by atoms with Gasteiger partial charge in [0.15, 0.2) is 5.69 Å². The fourth-order valence-corrected chi connectivity index (χ4v) is 3.53. The van der Waals surface area contributed by atoms with Crippen LogP contribution >= 0.6 is 27.5 Å². The number of carbonyl (C=O) groups is 2. The Bertz CT molecular complexity index is 1070. The van der Waals surface area contributed by atoms with Gasteiger partial charge in [0.05, 0.1) is 23.2 Å². The molecule has 0 saturated carbocycles. The predicted molar refractivity (Wildman–Crippen MR) is 104 cm³/mol. The summed E-state index contributed by atoms with van der Waals surface area (Å²) in [7, 11) is 0. The maximum atomic E-state index is 14.0. The first kappa shape index (κ1) is 20.3. The van der Waals surface area contributed by atoms with Gasteiger partial charge in [-0.1, -0.05) is 23.7 Å². The minimum Gasteiger partial charge on any atom is -0.481 e. The van der Waals surface area contributed by atoms with Crippen LogP contribution in [0.5, 0.6) is 0 Å². The zero-order valence-corrected chi connectivity index (χ0v) is 17.0. The normalized spacial score (nSPS) is 12.1. The number of benzene rings is 1. The van der Waals surface area contributed by atoms with Crippen LogP contribution in [0.4, 0.5) is 4.39 Å².